The number of non-ortho nitro benzene ring substituents is 1. The number of sulfonamides is 1. The third-order valence-electron chi connectivity index (χ3n) is 2.70. The van der Waals surface area contributed by atoms with Crippen LogP contribution < -0.4 is 0 Å². The number of hydrogen-bond acceptors (Lipinski definition) is 5. The predicted octanol–water partition coefficient (Wildman–Crippen LogP) is 0.830. The van der Waals surface area contributed by atoms with E-state index in [1.54, 1.807) is 0 Å². The maximum atomic E-state index is 11.6. The van der Waals surface area contributed by atoms with Gasteiger partial charge in [0, 0.05) is 18.7 Å². The second-order valence-corrected chi connectivity index (χ2v) is 6.18. The topological polar surface area (TPSA) is 118 Å². The quantitative estimate of drug-likeness (QED) is 0.614. The maximum absolute atomic E-state index is 11.6. The first-order chi connectivity index (χ1) is 9.12. The Balaban J connectivity index is 3.02. The van der Waals surface area contributed by atoms with Crippen LogP contribution in [0.4, 0.5) is 5.69 Å². The van der Waals surface area contributed by atoms with E-state index in [-0.39, 0.29) is 12.2 Å². The summed E-state index contributed by atoms with van der Waals surface area (Å²) in [6.07, 6.45) is 0.915. The van der Waals surface area contributed by atoms with E-state index < -0.39 is 27.0 Å². The number of hydrogen-bond donors (Lipinski definition) is 1. The summed E-state index contributed by atoms with van der Waals surface area (Å²) < 4.78 is 24.0. The van der Waals surface area contributed by atoms with Gasteiger partial charge in [0.05, 0.1) is 11.2 Å². The molecule has 1 aromatic carbocycles. The summed E-state index contributed by atoms with van der Waals surface area (Å²) in [7, 11) is -3.72. The molecule has 1 aromatic rings. The van der Waals surface area contributed by atoms with Crippen LogP contribution in [0.25, 0.3) is 0 Å². The molecule has 9 heteroatoms. The van der Waals surface area contributed by atoms with Gasteiger partial charge in [0.1, 0.15) is 6.04 Å². The standard InChI is InChI=1S/C11H14N2O6S/c1-8(11(14)15)12(20(2,18)19)7-9-3-5-10(6-4-9)13(16)17/h3-6,8H,7H2,1-2H3,(H,14,15)/t8-/m0/s1. The first kappa shape index (κ1) is 16.1. The Kier molecular flexibility index (Phi) is 4.79. The van der Waals surface area contributed by atoms with Gasteiger partial charge in [-0.2, -0.15) is 4.31 Å². The van der Waals surface area contributed by atoms with Crippen molar-refractivity contribution in [2.75, 3.05) is 6.26 Å². The molecular weight excluding hydrogens is 288 g/mol. The zero-order valence-corrected chi connectivity index (χ0v) is 11.7. The number of benzene rings is 1. The molecule has 0 saturated heterocycles. The molecule has 1 N–H and O–H groups in total. The molecule has 0 aliphatic carbocycles. The highest BCUT2D eigenvalue weighted by Crippen LogP contribution is 2.16. The van der Waals surface area contributed by atoms with Crippen molar-refractivity contribution in [3.63, 3.8) is 0 Å². The van der Waals surface area contributed by atoms with E-state index in [0.29, 0.717) is 5.56 Å². The van der Waals surface area contributed by atoms with E-state index in [2.05, 4.69) is 0 Å². The molecule has 110 valence electrons. The van der Waals surface area contributed by atoms with Crippen LogP contribution in [-0.4, -0.2) is 41.0 Å². The SMILES string of the molecule is C[C@@H](C(=O)O)N(Cc1ccc([N+](=O)[O-])cc1)S(C)(=O)=O. The molecular formula is C11H14N2O6S. The van der Waals surface area contributed by atoms with Gasteiger partial charge in [-0.1, -0.05) is 12.1 Å². The summed E-state index contributed by atoms with van der Waals surface area (Å²) in [5, 5.41) is 19.4. The van der Waals surface area contributed by atoms with Crippen molar-refractivity contribution in [3.05, 3.63) is 39.9 Å². The lowest BCUT2D eigenvalue weighted by molar-refractivity contribution is -0.384. The summed E-state index contributed by atoms with van der Waals surface area (Å²) in [4.78, 5) is 20.9. The normalized spacial score (nSPS) is 13.2. The third kappa shape index (κ3) is 4.00. The van der Waals surface area contributed by atoms with Crippen molar-refractivity contribution in [1.82, 2.24) is 4.31 Å². The molecule has 0 bridgehead atoms. The summed E-state index contributed by atoms with van der Waals surface area (Å²) in [5.74, 6) is -1.27. The number of carboxylic acids is 1. The molecule has 0 heterocycles. The molecule has 20 heavy (non-hydrogen) atoms. The highest BCUT2D eigenvalue weighted by atomic mass is 32.2. The lowest BCUT2D eigenvalue weighted by Crippen LogP contribution is -2.42. The molecule has 0 unspecified atom stereocenters. The average molecular weight is 302 g/mol. The van der Waals surface area contributed by atoms with Gasteiger partial charge in [0.2, 0.25) is 10.0 Å². The van der Waals surface area contributed by atoms with Crippen LogP contribution in [0.3, 0.4) is 0 Å². The predicted molar refractivity (Wildman–Crippen MR) is 70.6 cm³/mol. The lowest BCUT2D eigenvalue weighted by Gasteiger charge is -2.23. The third-order valence-corrected chi connectivity index (χ3v) is 4.00. The molecule has 0 aliphatic rings. The Bertz CT molecular complexity index is 610. The molecule has 0 spiro atoms. The van der Waals surface area contributed by atoms with E-state index in [4.69, 9.17) is 5.11 Å². The summed E-state index contributed by atoms with van der Waals surface area (Å²) in [5.41, 5.74) is 0.347. The van der Waals surface area contributed by atoms with Gasteiger partial charge < -0.3 is 5.11 Å². The van der Waals surface area contributed by atoms with E-state index in [1.807, 2.05) is 0 Å². The van der Waals surface area contributed by atoms with Gasteiger partial charge in [0.25, 0.3) is 5.69 Å². The number of nitro groups is 1. The molecule has 0 aromatic heterocycles. The minimum absolute atomic E-state index is 0.120. The molecule has 0 amide bonds. The van der Waals surface area contributed by atoms with E-state index in [9.17, 15) is 23.3 Å². The zero-order valence-electron chi connectivity index (χ0n) is 10.9. The number of nitrogens with zero attached hydrogens (tertiary/aromatic N) is 2. The minimum Gasteiger partial charge on any atom is -0.480 e. The molecule has 1 atom stereocenters. The smallest absolute Gasteiger partial charge is 0.321 e. The summed E-state index contributed by atoms with van der Waals surface area (Å²) in [6.45, 7) is 1.10. The number of carbonyl (C=O) groups is 1. The highest BCUT2D eigenvalue weighted by Gasteiger charge is 2.28. The van der Waals surface area contributed by atoms with Crippen molar-refractivity contribution in [3.8, 4) is 0 Å². The van der Waals surface area contributed by atoms with Gasteiger partial charge in [-0.3, -0.25) is 14.9 Å². The number of carboxylic acid groups (broad SMARTS) is 1. The van der Waals surface area contributed by atoms with Crippen molar-refractivity contribution in [2.45, 2.75) is 19.5 Å². The van der Waals surface area contributed by atoms with Crippen LogP contribution in [0.15, 0.2) is 24.3 Å². The second-order valence-electron chi connectivity index (χ2n) is 4.25. The van der Waals surface area contributed by atoms with Crippen LogP contribution in [0.1, 0.15) is 12.5 Å². The van der Waals surface area contributed by atoms with Crippen LogP contribution in [0.2, 0.25) is 0 Å². The van der Waals surface area contributed by atoms with Gasteiger partial charge in [0.15, 0.2) is 0 Å². The fourth-order valence-corrected chi connectivity index (χ4v) is 2.62. The number of aliphatic carboxylic acids is 1. The van der Waals surface area contributed by atoms with Crippen LogP contribution in [-0.2, 0) is 21.4 Å². The monoisotopic (exact) mass is 302 g/mol. The van der Waals surface area contributed by atoms with Crippen molar-refractivity contribution >= 4 is 21.7 Å². The Morgan fingerprint density at radius 3 is 2.25 bits per heavy atom. The molecule has 1 rings (SSSR count). The minimum atomic E-state index is -3.72. The molecule has 8 nitrogen and oxygen atoms in total. The Morgan fingerprint density at radius 1 is 1.40 bits per heavy atom. The fraction of sp³-hybridized carbons (Fsp3) is 0.364. The van der Waals surface area contributed by atoms with Gasteiger partial charge in [-0.15, -0.1) is 0 Å². The average Bonchev–Trinajstić information content (AvgIpc) is 2.34. The van der Waals surface area contributed by atoms with Crippen molar-refractivity contribution < 1.29 is 23.2 Å². The maximum Gasteiger partial charge on any atom is 0.321 e. The largest absolute Gasteiger partial charge is 0.480 e. The number of rotatable bonds is 6. The Hall–Kier alpha value is -2.00. The van der Waals surface area contributed by atoms with Gasteiger partial charge in [-0.05, 0) is 12.5 Å². The van der Waals surface area contributed by atoms with Gasteiger partial charge in [-0.25, -0.2) is 8.42 Å². The Labute approximate surface area is 115 Å². The van der Waals surface area contributed by atoms with Crippen LogP contribution in [0, 0.1) is 10.1 Å². The molecule has 0 fully saturated rings. The summed E-state index contributed by atoms with van der Waals surface area (Å²) in [6, 6.07) is 4.04. The van der Waals surface area contributed by atoms with Crippen LogP contribution in [0.5, 0.6) is 0 Å². The van der Waals surface area contributed by atoms with E-state index >= 15 is 0 Å². The Morgan fingerprint density at radius 2 is 1.90 bits per heavy atom. The van der Waals surface area contributed by atoms with Gasteiger partial charge >= 0.3 is 5.97 Å². The lowest BCUT2D eigenvalue weighted by atomic mass is 10.2. The van der Waals surface area contributed by atoms with E-state index in [0.717, 1.165) is 10.6 Å². The summed E-state index contributed by atoms with van der Waals surface area (Å²) >= 11 is 0. The molecule has 0 saturated carbocycles. The zero-order chi connectivity index (χ0) is 15.5. The molecule has 0 aliphatic heterocycles. The molecule has 0 radical (unpaired) electrons. The van der Waals surface area contributed by atoms with E-state index in [1.165, 1.54) is 31.2 Å². The fourth-order valence-electron chi connectivity index (χ4n) is 1.57. The second kappa shape index (κ2) is 5.97. The number of nitro benzene ring substituents is 1. The van der Waals surface area contributed by atoms with Crippen LogP contribution >= 0.6 is 0 Å². The first-order valence-electron chi connectivity index (χ1n) is 5.56. The van der Waals surface area contributed by atoms with Crippen molar-refractivity contribution in [1.29, 1.82) is 0 Å². The first-order valence-corrected chi connectivity index (χ1v) is 7.40. The van der Waals surface area contributed by atoms with Crippen molar-refractivity contribution in [2.24, 2.45) is 0 Å². The highest BCUT2D eigenvalue weighted by molar-refractivity contribution is 7.88.